The molecule has 0 saturated heterocycles. The summed E-state index contributed by atoms with van der Waals surface area (Å²) in [4.78, 5) is 0. The lowest BCUT2D eigenvalue weighted by molar-refractivity contribution is 0.0716. The zero-order chi connectivity index (χ0) is 13.8. The Bertz CT molecular complexity index is 419. The lowest BCUT2D eigenvalue weighted by atomic mass is 9.80. The van der Waals surface area contributed by atoms with Crippen molar-refractivity contribution in [3.05, 3.63) is 23.8 Å². The highest BCUT2D eigenvalue weighted by Crippen LogP contribution is 2.35. The molecule has 0 heterocycles. The molecule has 19 heavy (non-hydrogen) atoms. The summed E-state index contributed by atoms with van der Waals surface area (Å²) in [5, 5.41) is 0. The predicted octanol–water partition coefficient (Wildman–Crippen LogP) is 3.15. The third-order valence-electron chi connectivity index (χ3n) is 4.09. The van der Waals surface area contributed by atoms with Crippen molar-refractivity contribution >= 4 is 0 Å². The summed E-state index contributed by atoms with van der Waals surface area (Å²) in [5.74, 6) is 2.83. The Kier molecular flexibility index (Phi) is 4.70. The van der Waals surface area contributed by atoms with Gasteiger partial charge in [0.05, 0.1) is 7.11 Å². The molecule has 3 unspecified atom stereocenters. The number of hydrogen-bond donors (Lipinski definition) is 1. The van der Waals surface area contributed by atoms with E-state index in [0.717, 1.165) is 24.3 Å². The number of nitrogens with two attached hydrogens (primary N) is 1. The van der Waals surface area contributed by atoms with E-state index < -0.39 is 0 Å². The lowest BCUT2D eigenvalue weighted by Crippen LogP contribution is -2.37. The lowest BCUT2D eigenvalue weighted by Gasteiger charge is -2.34. The molecule has 2 N–H and O–H groups in total. The number of hydrogen-bond acceptors (Lipinski definition) is 3. The molecular formula is C16H25NO2. The molecule has 0 spiro atoms. The van der Waals surface area contributed by atoms with Gasteiger partial charge in [-0.25, -0.2) is 0 Å². The normalized spacial score (nSPS) is 27.1. The predicted molar refractivity (Wildman–Crippen MR) is 77.7 cm³/mol. The first-order valence-corrected chi connectivity index (χ1v) is 7.15. The first-order valence-electron chi connectivity index (χ1n) is 7.15. The van der Waals surface area contributed by atoms with Gasteiger partial charge < -0.3 is 15.2 Å². The maximum absolute atomic E-state index is 6.20. The number of ether oxygens (including phenoxy) is 2. The molecule has 1 aromatic carbocycles. The minimum atomic E-state index is 0.213. The fourth-order valence-corrected chi connectivity index (χ4v) is 2.84. The Labute approximate surface area is 116 Å². The van der Waals surface area contributed by atoms with E-state index in [-0.39, 0.29) is 6.10 Å². The van der Waals surface area contributed by atoms with E-state index in [1.54, 1.807) is 7.11 Å². The Morgan fingerprint density at radius 2 is 2.05 bits per heavy atom. The number of benzene rings is 1. The molecule has 1 aliphatic carbocycles. The summed E-state index contributed by atoms with van der Waals surface area (Å²) in [6.07, 6.45) is 3.72. The Morgan fingerprint density at radius 1 is 1.26 bits per heavy atom. The molecule has 1 fully saturated rings. The molecule has 0 aromatic heterocycles. The Balaban J connectivity index is 2.14. The van der Waals surface area contributed by atoms with Gasteiger partial charge in [0.2, 0.25) is 0 Å². The zero-order valence-corrected chi connectivity index (χ0v) is 12.2. The van der Waals surface area contributed by atoms with Gasteiger partial charge in [0.1, 0.15) is 6.10 Å². The molecular weight excluding hydrogens is 238 g/mol. The molecule has 3 heteroatoms. The van der Waals surface area contributed by atoms with Crippen LogP contribution in [0.5, 0.6) is 11.5 Å². The van der Waals surface area contributed by atoms with Crippen molar-refractivity contribution < 1.29 is 9.47 Å². The highest BCUT2D eigenvalue weighted by Gasteiger charge is 2.29. The Hall–Kier alpha value is -1.22. The molecule has 0 bridgehead atoms. The molecule has 0 aliphatic heterocycles. The number of methoxy groups -OCH3 is 1. The second kappa shape index (κ2) is 6.29. The molecule has 1 aliphatic rings. The smallest absolute Gasteiger partial charge is 0.161 e. The monoisotopic (exact) mass is 263 g/mol. The summed E-state index contributed by atoms with van der Waals surface area (Å²) < 4.78 is 11.6. The van der Waals surface area contributed by atoms with E-state index in [1.165, 1.54) is 12.0 Å². The van der Waals surface area contributed by atoms with Crippen LogP contribution in [-0.4, -0.2) is 19.8 Å². The van der Waals surface area contributed by atoms with Gasteiger partial charge in [0, 0.05) is 5.92 Å². The topological polar surface area (TPSA) is 44.5 Å². The third kappa shape index (κ3) is 3.41. The molecule has 0 radical (unpaired) electrons. The number of rotatable bonds is 4. The first-order chi connectivity index (χ1) is 9.13. The van der Waals surface area contributed by atoms with Crippen molar-refractivity contribution in [1.29, 1.82) is 0 Å². The maximum atomic E-state index is 6.20. The third-order valence-corrected chi connectivity index (χ3v) is 4.09. The average molecular weight is 263 g/mol. The van der Waals surface area contributed by atoms with E-state index in [9.17, 15) is 0 Å². The summed E-state index contributed by atoms with van der Waals surface area (Å²) in [5.41, 5.74) is 7.05. The minimum Gasteiger partial charge on any atom is -0.493 e. The minimum absolute atomic E-state index is 0.213. The molecule has 1 saturated carbocycles. The Morgan fingerprint density at radius 3 is 2.74 bits per heavy atom. The van der Waals surface area contributed by atoms with Crippen molar-refractivity contribution in [3.63, 3.8) is 0 Å². The second-order valence-electron chi connectivity index (χ2n) is 5.72. The van der Waals surface area contributed by atoms with Crippen molar-refractivity contribution in [1.82, 2.24) is 0 Å². The molecule has 106 valence electrons. The standard InChI is InChI=1S/C16H25NO2/c1-11-4-6-13(10-17)15(8-11)19-14-7-5-12(2)9-16(14)18-3/h5,7,9,11,13,15H,4,6,8,10,17H2,1-3H3. The van der Waals surface area contributed by atoms with Gasteiger partial charge >= 0.3 is 0 Å². The molecule has 1 aromatic rings. The van der Waals surface area contributed by atoms with Crippen molar-refractivity contribution in [2.75, 3.05) is 13.7 Å². The van der Waals surface area contributed by atoms with Gasteiger partial charge in [-0.3, -0.25) is 0 Å². The van der Waals surface area contributed by atoms with Gasteiger partial charge in [0.25, 0.3) is 0 Å². The van der Waals surface area contributed by atoms with Crippen LogP contribution in [0, 0.1) is 18.8 Å². The quantitative estimate of drug-likeness (QED) is 0.907. The van der Waals surface area contributed by atoms with Gasteiger partial charge in [-0.05, 0) is 49.9 Å². The van der Waals surface area contributed by atoms with Crippen LogP contribution >= 0.6 is 0 Å². The molecule has 3 atom stereocenters. The highest BCUT2D eigenvalue weighted by atomic mass is 16.5. The largest absolute Gasteiger partial charge is 0.493 e. The van der Waals surface area contributed by atoms with Gasteiger partial charge in [-0.15, -0.1) is 0 Å². The fourth-order valence-electron chi connectivity index (χ4n) is 2.84. The van der Waals surface area contributed by atoms with Gasteiger partial charge in [0.15, 0.2) is 11.5 Å². The summed E-state index contributed by atoms with van der Waals surface area (Å²) in [6, 6.07) is 6.07. The van der Waals surface area contributed by atoms with Crippen molar-refractivity contribution in [2.24, 2.45) is 17.6 Å². The van der Waals surface area contributed by atoms with Crippen LogP contribution in [-0.2, 0) is 0 Å². The second-order valence-corrected chi connectivity index (χ2v) is 5.72. The number of aryl methyl sites for hydroxylation is 1. The van der Waals surface area contributed by atoms with E-state index in [0.29, 0.717) is 18.4 Å². The summed E-state index contributed by atoms with van der Waals surface area (Å²) in [7, 11) is 1.69. The van der Waals surface area contributed by atoms with Crippen LogP contribution in [0.25, 0.3) is 0 Å². The van der Waals surface area contributed by atoms with Crippen LogP contribution in [0.15, 0.2) is 18.2 Å². The van der Waals surface area contributed by atoms with E-state index in [2.05, 4.69) is 19.9 Å². The van der Waals surface area contributed by atoms with E-state index in [1.807, 2.05) is 12.1 Å². The maximum Gasteiger partial charge on any atom is 0.161 e. The van der Waals surface area contributed by atoms with Crippen LogP contribution in [0.2, 0.25) is 0 Å². The van der Waals surface area contributed by atoms with Crippen molar-refractivity contribution in [2.45, 2.75) is 39.2 Å². The molecule has 0 amide bonds. The molecule has 3 nitrogen and oxygen atoms in total. The zero-order valence-electron chi connectivity index (χ0n) is 12.2. The van der Waals surface area contributed by atoms with E-state index in [4.69, 9.17) is 15.2 Å². The SMILES string of the molecule is COc1cc(C)ccc1OC1CC(C)CCC1CN. The van der Waals surface area contributed by atoms with Crippen LogP contribution < -0.4 is 15.2 Å². The van der Waals surface area contributed by atoms with Crippen molar-refractivity contribution in [3.8, 4) is 11.5 Å². The van der Waals surface area contributed by atoms with Crippen LogP contribution in [0.4, 0.5) is 0 Å². The molecule has 2 rings (SSSR count). The van der Waals surface area contributed by atoms with E-state index >= 15 is 0 Å². The average Bonchev–Trinajstić information content (AvgIpc) is 2.41. The summed E-state index contributed by atoms with van der Waals surface area (Å²) in [6.45, 7) is 5.04. The van der Waals surface area contributed by atoms with Crippen LogP contribution in [0.1, 0.15) is 31.7 Å². The van der Waals surface area contributed by atoms with Gasteiger partial charge in [-0.2, -0.15) is 0 Å². The first kappa shape index (κ1) is 14.2. The fraction of sp³-hybridized carbons (Fsp3) is 0.625. The van der Waals surface area contributed by atoms with Crippen LogP contribution in [0.3, 0.4) is 0 Å². The van der Waals surface area contributed by atoms with Gasteiger partial charge in [-0.1, -0.05) is 19.4 Å². The summed E-state index contributed by atoms with van der Waals surface area (Å²) >= 11 is 0. The highest BCUT2D eigenvalue weighted by molar-refractivity contribution is 5.42.